The average molecular weight is 464 g/mol. The van der Waals surface area contributed by atoms with Gasteiger partial charge < -0.3 is 5.11 Å². The molecule has 2 aromatic carbocycles. The molecule has 0 bridgehead atoms. The van der Waals surface area contributed by atoms with Gasteiger partial charge in [-0.1, -0.05) is 30.3 Å². The lowest BCUT2D eigenvalue weighted by Gasteiger charge is -2.22. The Bertz CT molecular complexity index is 1300. The molecule has 0 aliphatic heterocycles. The fraction of sp³-hybridized carbons (Fsp3) is 0.167. The molecule has 1 N–H and O–H groups in total. The normalized spacial score (nSPS) is 11.7. The monoisotopic (exact) mass is 463 g/mol. The summed E-state index contributed by atoms with van der Waals surface area (Å²) >= 11 is 2.80. The Morgan fingerprint density at radius 1 is 1.06 bits per heavy atom. The maximum atomic E-state index is 12.5. The number of hydrogen-bond acceptors (Lipinski definition) is 6. The Hall–Kier alpha value is -3.36. The number of para-hydroxylation sites is 2. The largest absolute Gasteiger partial charge is 0.481 e. The summed E-state index contributed by atoms with van der Waals surface area (Å²) in [5.74, 6) is -1.07. The molecule has 0 atom stereocenters. The van der Waals surface area contributed by atoms with Crippen molar-refractivity contribution in [2.24, 2.45) is 0 Å². The zero-order valence-corrected chi connectivity index (χ0v) is 19.5. The van der Waals surface area contributed by atoms with Crippen LogP contribution in [-0.4, -0.2) is 27.0 Å². The Morgan fingerprint density at radius 2 is 1.78 bits per heavy atom. The first-order valence-electron chi connectivity index (χ1n) is 9.94. The van der Waals surface area contributed by atoms with Gasteiger partial charge in [-0.25, -0.2) is 9.97 Å². The van der Waals surface area contributed by atoms with Gasteiger partial charge in [0.15, 0.2) is 5.13 Å². The van der Waals surface area contributed by atoms with E-state index in [1.165, 1.54) is 29.6 Å². The van der Waals surface area contributed by atoms with Crippen LogP contribution in [-0.2, 0) is 9.59 Å². The Balaban J connectivity index is 1.75. The van der Waals surface area contributed by atoms with Crippen LogP contribution in [0.1, 0.15) is 35.2 Å². The molecular formula is C24H21N3O3S2. The van der Waals surface area contributed by atoms with Crippen LogP contribution in [0.3, 0.4) is 0 Å². The molecule has 4 rings (SSSR count). The minimum absolute atomic E-state index is 0.135. The van der Waals surface area contributed by atoms with E-state index in [1.54, 1.807) is 11.0 Å². The number of aromatic nitrogens is 2. The summed E-state index contributed by atoms with van der Waals surface area (Å²) in [6.45, 7) is 5.44. The highest BCUT2D eigenvalue weighted by molar-refractivity contribution is 7.19. The number of carbonyl (C=O) groups is 2. The van der Waals surface area contributed by atoms with Crippen molar-refractivity contribution in [2.75, 3.05) is 4.90 Å². The zero-order chi connectivity index (χ0) is 22.8. The third-order valence-corrected chi connectivity index (χ3v) is 6.87. The number of nitrogens with zero attached hydrogens (tertiary/aromatic N) is 3. The van der Waals surface area contributed by atoms with E-state index in [0.29, 0.717) is 21.4 Å². The summed E-state index contributed by atoms with van der Waals surface area (Å²) in [5, 5.41) is 12.5. The van der Waals surface area contributed by atoms with Gasteiger partial charge in [-0.05, 0) is 43.2 Å². The van der Waals surface area contributed by atoms with Crippen molar-refractivity contribution in [1.29, 1.82) is 0 Å². The molecule has 0 radical (unpaired) electrons. The number of amides is 1. The van der Waals surface area contributed by atoms with Crippen molar-refractivity contribution < 1.29 is 14.7 Å². The first kappa shape index (κ1) is 21.9. The SMILES string of the molecule is CC(=O)N(c1nc(/C=C(\CC(=O)O)c2nc3ccccc3s2)cs1)c1c(C)cccc1C. The topological polar surface area (TPSA) is 83.4 Å². The number of aliphatic carboxylic acids is 1. The van der Waals surface area contributed by atoms with Crippen LogP contribution in [0.2, 0.25) is 0 Å². The number of thiazole rings is 2. The van der Waals surface area contributed by atoms with Gasteiger partial charge in [-0.15, -0.1) is 22.7 Å². The molecule has 2 aromatic heterocycles. The van der Waals surface area contributed by atoms with E-state index in [9.17, 15) is 14.7 Å². The third-order valence-electron chi connectivity index (χ3n) is 4.91. The van der Waals surface area contributed by atoms with E-state index in [2.05, 4.69) is 9.97 Å². The highest BCUT2D eigenvalue weighted by atomic mass is 32.1. The number of fused-ring (bicyclic) bond motifs is 1. The van der Waals surface area contributed by atoms with E-state index in [4.69, 9.17) is 0 Å². The molecule has 0 saturated heterocycles. The second kappa shape index (κ2) is 9.02. The van der Waals surface area contributed by atoms with Crippen LogP contribution < -0.4 is 4.90 Å². The quantitative estimate of drug-likeness (QED) is 0.375. The summed E-state index contributed by atoms with van der Waals surface area (Å²) in [6.07, 6.45) is 1.58. The summed E-state index contributed by atoms with van der Waals surface area (Å²) in [6, 6.07) is 13.6. The lowest BCUT2D eigenvalue weighted by molar-refractivity contribution is -0.135. The fourth-order valence-electron chi connectivity index (χ4n) is 3.53. The van der Waals surface area contributed by atoms with Gasteiger partial charge in [0.1, 0.15) is 5.01 Å². The Kier molecular flexibility index (Phi) is 6.16. The number of anilines is 2. The van der Waals surface area contributed by atoms with Crippen molar-refractivity contribution in [3.8, 4) is 0 Å². The number of carboxylic acids is 1. The van der Waals surface area contributed by atoms with Gasteiger partial charge >= 0.3 is 5.97 Å². The number of hydrogen-bond donors (Lipinski definition) is 1. The van der Waals surface area contributed by atoms with Crippen LogP contribution in [0.15, 0.2) is 47.8 Å². The summed E-state index contributed by atoms with van der Waals surface area (Å²) in [4.78, 5) is 34.9. The van der Waals surface area contributed by atoms with Crippen molar-refractivity contribution in [3.63, 3.8) is 0 Å². The van der Waals surface area contributed by atoms with Crippen LogP contribution in [0.4, 0.5) is 10.8 Å². The van der Waals surface area contributed by atoms with Crippen molar-refractivity contribution in [1.82, 2.24) is 9.97 Å². The fourth-order valence-corrected chi connectivity index (χ4v) is 5.34. The molecule has 6 nitrogen and oxygen atoms in total. The van der Waals surface area contributed by atoms with Crippen molar-refractivity contribution >= 4 is 67.2 Å². The predicted molar refractivity (Wildman–Crippen MR) is 131 cm³/mol. The smallest absolute Gasteiger partial charge is 0.307 e. The molecule has 4 aromatic rings. The van der Waals surface area contributed by atoms with Gasteiger partial charge in [0.05, 0.1) is 28.0 Å². The molecule has 2 heterocycles. The summed E-state index contributed by atoms with van der Waals surface area (Å²) in [5.41, 5.74) is 4.79. The third kappa shape index (κ3) is 4.46. The lowest BCUT2D eigenvalue weighted by Crippen LogP contribution is -2.24. The zero-order valence-electron chi connectivity index (χ0n) is 17.8. The number of aryl methyl sites for hydroxylation is 2. The van der Waals surface area contributed by atoms with Crippen LogP contribution in [0.25, 0.3) is 21.9 Å². The van der Waals surface area contributed by atoms with Crippen molar-refractivity contribution in [3.05, 3.63) is 69.7 Å². The number of benzene rings is 2. The minimum atomic E-state index is -0.938. The maximum Gasteiger partial charge on any atom is 0.307 e. The Morgan fingerprint density at radius 3 is 2.44 bits per heavy atom. The van der Waals surface area contributed by atoms with E-state index in [1.807, 2.05) is 61.7 Å². The van der Waals surface area contributed by atoms with E-state index < -0.39 is 5.97 Å². The molecule has 0 aliphatic carbocycles. The summed E-state index contributed by atoms with van der Waals surface area (Å²) in [7, 11) is 0. The van der Waals surface area contributed by atoms with Gasteiger partial charge in [0.2, 0.25) is 5.91 Å². The Labute approximate surface area is 193 Å². The van der Waals surface area contributed by atoms with Crippen molar-refractivity contribution in [2.45, 2.75) is 27.2 Å². The van der Waals surface area contributed by atoms with E-state index in [-0.39, 0.29) is 12.3 Å². The molecular weight excluding hydrogens is 442 g/mol. The van der Waals surface area contributed by atoms with Crippen LogP contribution in [0.5, 0.6) is 0 Å². The summed E-state index contributed by atoms with van der Waals surface area (Å²) < 4.78 is 0.996. The number of carboxylic acid groups (broad SMARTS) is 1. The molecule has 8 heteroatoms. The highest BCUT2D eigenvalue weighted by Crippen LogP contribution is 2.35. The number of carbonyl (C=O) groups excluding carboxylic acids is 1. The van der Waals surface area contributed by atoms with Crippen LogP contribution in [0, 0.1) is 13.8 Å². The molecule has 1 amide bonds. The highest BCUT2D eigenvalue weighted by Gasteiger charge is 2.21. The lowest BCUT2D eigenvalue weighted by atomic mass is 10.1. The van der Waals surface area contributed by atoms with Crippen LogP contribution >= 0.6 is 22.7 Å². The number of rotatable bonds is 6. The van der Waals surface area contributed by atoms with Gasteiger partial charge in [0.25, 0.3) is 0 Å². The second-order valence-electron chi connectivity index (χ2n) is 7.38. The average Bonchev–Trinajstić information content (AvgIpc) is 3.36. The van der Waals surface area contributed by atoms with Gasteiger partial charge in [-0.3, -0.25) is 14.5 Å². The van der Waals surface area contributed by atoms with E-state index in [0.717, 1.165) is 27.0 Å². The standard InChI is InChI=1S/C24H21N3O3S2/c1-14-7-6-8-15(2)22(14)27(16(3)28)24-25-18(13-31-24)11-17(12-21(29)30)23-26-19-9-4-5-10-20(19)32-23/h4-11,13H,12H2,1-3H3,(H,29,30)/b17-11+. The maximum absolute atomic E-state index is 12.5. The second-order valence-corrected chi connectivity index (χ2v) is 9.24. The molecule has 32 heavy (non-hydrogen) atoms. The molecule has 0 unspecified atom stereocenters. The first-order chi connectivity index (χ1) is 15.3. The predicted octanol–water partition coefficient (Wildman–Crippen LogP) is 6.07. The molecule has 162 valence electrons. The minimum Gasteiger partial charge on any atom is -0.481 e. The van der Waals surface area contributed by atoms with Gasteiger partial charge in [-0.2, -0.15) is 0 Å². The molecule has 0 spiro atoms. The van der Waals surface area contributed by atoms with E-state index >= 15 is 0 Å². The molecule has 0 saturated carbocycles. The molecule has 0 fully saturated rings. The van der Waals surface area contributed by atoms with Gasteiger partial charge in [0, 0.05) is 17.9 Å². The molecule has 0 aliphatic rings. The first-order valence-corrected chi connectivity index (χ1v) is 11.6.